The molecule has 1 saturated carbocycles. The van der Waals surface area contributed by atoms with Crippen LogP contribution in [0, 0.1) is 11.3 Å². The van der Waals surface area contributed by atoms with Crippen molar-refractivity contribution in [3.63, 3.8) is 0 Å². The van der Waals surface area contributed by atoms with Gasteiger partial charge in [-0.2, -0.15) is 0 Å². The standard InChI is InChI=1S/C56H77N9O8S/c1-34-31-71-50(34)51(66)59-47-49(63-16-9-17-63)52-58-44(32-74-52)36-11-14-45-40(26-36)42(29-55(3,4)33-72-54(68)43-10-8-18-65(60-43)53(47)67)48(64(45)23-25-70-39-15-24-73-56(5,6)28-39)41-27-38(30-57-46(41)35(2)69-7)62-21-19-61(20-22-62)37-12-13-37/h11,14,26-27,30,32,34-35,37,39,43,47,49-50,60H,8-10,12-13,15-25,28-29,31,33H2,1-7H3,(H,59,66)/t34-,35-,39-,43-,47-,49-,50-/m0/s1. The number of rotatable bonds is 12. The van der Waals surface area contributed by atoms with E-state index in [1.54, 1.807) is 7.11 Å². The molecule has 18 heteroatoms. The van der Waals surface area contributed by atoms with Crippen molar-refractivity contribution < 1.29 is 38.1 Å². The Bertz CT molecular complexity index is 2710. The number of piperazine rings is 1. The minimum Gasteiger partial charge on any atom is -0.464 e. The van der Waals surface area contributed by atoms with E-state index in [2.05, 4.69) is 94.3 Å². The van der Waals surface area contributed by atoms with E-state index in [0.717, 1.165) is 120 Å². The number of hydrazine groups is 1. The number of cyclic esters (lactones) is 1. The third kappa shape index (κ3) is 10.6. The van der Waals surface area contributed by atoms with E-state index in [1.165, 1.54) is 29.2 Å². The van der Waals surface area contributed by atoms with Gasteiger partial charge in [-0.25, -0.2) is 10.4 Å². The monoisotopic (exact) mass is 1040 g/mol. The molecule has 9 heterocycles. The molecule has 6 fully saturated rings. The van der Waals surface area contributed by atoms with Crippen molar-refractivity contribution in [1.82, 2.24) is 40.1 Å². The van der Waals surface area contributed by atoms with E-state index in [1.807, 2.05) is 13.1 Å². The molecule has 0 unspecified atom stereocenters. The van der Waals surface area contributed by atoms with Crippen LogP contribution in [0.4, 0.5) is 5.69 Å². The van der Waals surface area contributed by atoms with Gasteiger partial charge in [0.1, 0.15) is 23.2 Å². The number of anilines is 1. The Balaban J connectivity index is 1.06. The molecule has 74 heavy (non-hydrogen) atoms. The number of benzene rings is 1. The number of ether oxygens (including phenoxy) is 5. The number of thiazole rings is 1. The van der Waals surface area contributed by atoms with E-state index in [-0.39, 0.29) is 42.1 Å². The molecule has 7 aliphatic rings. The largest absolute Gasteiger partial charge is 0.464 e. The summed E-state index contributed by atoms with van der Waals surface area (Å²) < 4.78 is 33.5. The topological polar surface area (TPSA) is 165 Å². The van der Waals surface area contributed by atoms with Gasteiger partial charge in [-0.15, -0.1) is 11.3 Å². The second-order valence-corrected chi connectivity index (χ2v) is 24.3. The van der Waals surface area contributed by atoms with Gasteiger partial charge in [0.15, 0.2) is 0 Å². The maximum Gasteiger partial charge on any atom is 0.324 e. The van der Waals surface area contributed by atoms with Gasteiger partial charge in [0.2, 0.25) is 5.91 Å². The average Bonchev–Trinajstić information content (AvgIpc) is 4.05. The fourth-order valence-electron chi connectivity index (χ4n) is 12.1. The number of methoxy groups -OCH3 is 1. The van der Waals surface area contributed by atoms with E-state index in [4.69, 9.17) is 33.7 Å². The summed E-state index contributed by atoms with van der Waals surface area (Å²) in [4.78, 5) is 61.2. The summed E-state index contributed by atoms with van der Waals surface area (Å²) in [7, 11) is 1.74. The summed E-state index contributed by atoms with van der Waals surface area (Å²) in [5, 5.41) is 8.57. The highest BCUT2D eigenvalue weighted by molar-refractivity contribution is 7.10. The maximum absolute atomic E-state index is 15.0. The second kappa shape index (κ2) is 21.1. The van der Waals surface area contributed by atoms with Crippen molar-refractivity contribution >= 4 is 45.7 Å². The quantitative estimate of drug-likeness (QED) is 0.144. The van der Waals surface area contributed by atoms with E-state index < -0.39 is 35.6 Å². The van der Waals surface area contributed by atoms with Gasteiger partial charge in [0.25, 0.3) is 5.91 Å². The van der Waals surface area contributed by atoms with Crippen molar-refractivity contribution in [3.8, 4) is 22.5 Å². The molecule has 11 rings (SSSR count). The number of hydrogen-bond donors (Lipinski definition) is 2. The van der Waals surface area contributed by atoms with Crippen LogP contribution < -0.4 is 15.6 Å². The maximum atomic E-state index is 15.0. The lowest BCUT2D eigenvalue weighted by Gasteiger charge is -2.44. The van der Waals surface area contributed by atoms with E-state index >= 15 is 0 Å². The molecule has 0 radical (unpaired) electrons. The number of pyridine rings is 1. The van der Waals surface area contributed by atoms with Crippen LogP contribution in [0.3, 0.4) is 0 Å². The smallest absolute Gasteiger partial charge is 0.324 e. The predicted molar refractivity (Wildman–Crippen MR) is 284 cm³/mol. The number of aromatic nitrogens is 3. The van der Waals surface area contributed by atoms with Crippen LogP contribution in [0.1, 0.15) is 115 Å². The first-order chi connectivity index (χ1) is 35.6. The molecule has 6 bridgehead atoms. The van der Waals surface area contributed by atoms with E-state index in [9.17, 15) is 14.4 Å². The summed E-state index contributed by atoms with van der Waals surface area (Å²) in [5.41, 5.74) is 10.4. The zero-order valence-corrected chi connectivity index (χ0v) is 45.3. The highest BCUT2D eigenvalue weighted by atomic mass is 32.1. The lowest BCUT2D eigenvalue weighted by Crippen LogP contribution is -2.64. The summed E-state index contributed by atoms with van der Waals surface area (Å²) in [6, 6.07) is 7.41. The van der Waals surface area contributed by atoms with Crippen molar-refractivity contribution in [1.29, 1.82) is 0 Å². The molecule has 400 valence electrons. The Kier molecular flexibility index (Phi) is 14.7. The van der Waals surface area contributed by atoms with Crippen LogP contribution in [0.5, 0.6) is 0 Å². The van der Waals surface area contributed by atoms with Gasteiger partial charge in [0, 0.05) is 117 Å². The molecule has 1 aliphatic carbocycles. The first-order valence-corrected chi connectivity index (χ1v) is 28.3. The Morgan fingerprint density at radius 3 is 2.51 bits per heavy atom. The number of fused-ring (bicyclic) bond motifs is 6. The number of nitrogens with zero attached hydrogens (tertiary/aromatic N) is 7. The summed E-state index contributed by atoms with van der Waals surface area (Å²) >= 11 is 1.51. The number of nitrogens with one attached hydrogen (secondary N) is 2. The molecule has 2 N–H and O–H groups in total. The van der Waals surface area contributed by atoms with Crippen LogP contribution in [0.25, 0.3) is 33.4 Å². The number of likely N-dealkylation sites (tertiary alicyclic amines) is 1. The molecule has 5 saturated heterocycles. The molecule has 17 nitrogen and oxygen atoms in total. The molecule has 7 atom stereocenters. The molecule has 2 amide bonds. The van der Waals surface area contributed by atoms with Gasteiger partial charge in [0.05, 0.1) is 72.6 Å². The normalized spacial score (nSPS) is 28.3. The first kappa shape index (κ1) is 51.6. The first-order valence-electron chi connectivity index (χ1n) is 27.4. The fraction of sp³-hybridized carbons (Fsp3) is 0.661. The Labute approximate surface area is 439 Å². The summed E-state index contributed by atoms with van der Waals surface area (Å²) in [6.07, 6.45) is 8.04. The van der Waals surface area contributed by atoms with Crippen LogP contribution >= 0.6 is 11.3 Å². The van der Waals surface area contributed by atoms with Crippen LogP contribution in [-0.4, -0.2) is 162 Å². The number of hydrogen-bond acceptors (Lipinski definition) is 15. The fourth-order valence-corrected chi connectivity index (χ4v) is 13.1. The van der Waals surface area contributed by atoms with Crippen molar-refractivity contribution in [3.05, 3.63) is 52.1 Å². The third-order valence-corrected chi connectivity index (χ3v) is 17.6. The minimum absolute atomic E-state index is 0.0276. The lowest BCUT2D eigenvalue weighted by atomic mass is 9.84. The van der Waals surface area contributed by atoms with Gasteiger partial charge in [-0.1, -0.05) is 26.8 Å². The summed E-state index contributed by atoms with van der Waals surface area (Å²) in [5.74, 6) is -1.02. The van der Waals surface area contributed by atoms with Crippen LogP contribution in [-0.2, 0) is 51.0 Å². The second-order valence-electron chi connectivity index (χ2n) is 23.4. The molecule has 6 aliphatic heterocycles. The average molecular weight is 1040 g/mol. The van der Waals surface area contributed by atoms with Crippen molar-refractivity contribution in [2.45, 2.75) is 148 Å². The van der Waals surface area contributed by atoms with E-state index in [0.29, 0.717) is 52.2 Å². The molecular weight excluding hydrogens is 959 g/mol. The highest BCUT2D eigenvalue weighted by Crippen LogP contribution is 2.44. The van der Waals surface area contributed by atoms with Crippen LogP contribution in [0.15, 0.2) is 35.8 Å². The molecule has 4 aromatic rings. The van der Waals surface area contributed by atoms with Crippen molar-refractivity contribution in [2.24, 2.45) is 11.3 Å². The number of amides is 2. The SMILES string of the molecule is CO[C@@H](C)c1ncc(N2CCN(C3CC3)CC2)cc1-c1c2c3cc(ccc3n1CCO[C@H]1CCOC(C)(C)C1)-c1csc(n1)[C@@H](N1CCC1)[C@H](NC(=O)[C@H]1OC[C@@H]1C)C(=O)N1CCC[C@H](N1)C(=O)OCC(C)(C)C2. The Hall–Kier alpha value is -4.53. The number of carbonyl (C=O) groups excluding carboxylic acids is 3. The number of carbonyl (C=O) groups is 3. The van der Waals surface area contributed by atoms with Gasteiger partial charge >= 0.3 is 5.97 Å². The molecule has 1 aromatic carbocycles. The minimum atomic E-state index is -0.992. The molecule has 0 spiro atoms. The molecular formula is C56H77N9O8S. The van der Waals surface area contributed by atoms with Gasteiger partial charge < -0.3 is 38.5 Å². The van der Waals surface area contributed by atoms with Crippen LogP contribution in [0.2, 0.25) is 0 Å². The Morgan fingerprint density at radius 2 is 1.81 bits per heavy atom. The third-order valence-electron chi connectivity index (χ3n) is 16.7. The Morgan fingerprint density at radius 1 is 1.00 bits per heavy atom. The predicted octanol–water partition coefficient (Wildman–Crippen LogP) is 6.68. The highest BCUT2D eigenvalue weighted by Gasteiger charge is 2.46. The lowest BCUT2D eigenvalue weighted by molar-refractivity contribution is -0.163. The zero-order chi connectivity index (χ0) is 51.5. The zero-order valence-electron chi connectivity index (χ0n) is 44.5. The van der Waals surface area contributed by atoms with Crippen molar-refractivity contribution in [2.75, 3.05) is 84.3 Å². The number of esters is 1. The van der Waals surface area contributed by atoms with Gasteiger partial charge in [-0.05, 0) is 89.5 Å². The van der Waals surface area contributed by atoms with Gasteiger partial charge in [-0.3, -0.25) is 34.2 Å². The molecule has 3 aromatic heterocycles. The summed E-state index contributed by atoms with van der Waals surface area (Å²) in [6.45, 7) is 20.8.